The topological polar surface area (TPSA) is 56.7 Å². The third kappa shape index (κ3) is 4.47. The first kappa shape index (κ1) is 29.8. The highest BCUT2D eigenvalue weighted by atomic mass is 16.3. The third-order valence-electron chi connectivity index (χ3n) is 11.0. The molecule has 1 aliphatic carbocycles. The van der Waals surface area contributed by atoms with Crippen molar-refractivity contribution < 1.29 is 4.42 Å². The third-order valence-corrected chi connectivity index (χ3v) is 11.0. The van der Waals surface area contributed by atoms with Crippen molar-refractivity contribution >= 4 is 43.7 Å². The summed E-state index contributed by atoms with van der Waals surface area (Å²) in [5.74, 6) is 1.88. The van der Waals surface area contributed by atoms with Gasteiger partial charge < -0.3 is 8.98 Å². The number of furan rings is 1. The van der Waals surface area contributed by atoms with E-state index < -0.39 is 0 Å². The maximum Gasteiger partial charge on any atom is 0.164 e. The normalized spacial score (nSPS) is 13.2. The second kappa shape index (κ2) is 11.1. The molecule has 53 heavy (non-hydrogen) atoms. The van der Waals surface area contributed by atoms with Gasteiger partial charge in [0.15, 0.2) is 17.5 Å². The van der Waals surface area contributed by atoms with E-state index in [-0.39, 0.29) is 5.41 Å². The maximum atomic E-state index is 6.64. The van der Waals surface area contributed by atoms with Gasteiger partial charge in [0.25, 0.3) is 0 Å². The van der Waals surface area contributed by atoms with Crippen LogP contribution >= 0.6 is 0 Å². The van der Waals surface area contributed by atoms with Gasteiger partial charge in [0, 0.05) is 49.3 Å². The molecule has 3 aromatic heterocycles. The largest absolute Gasteiger partial charge is 0.456 e. The van der Waals surface area contributed by atoms with Gasteiger partial charge in [-0.25, -0.2) is 15.0 Å². The molecule has 0 spiro atoms. The number of hydrogen-bond acceptors (Lipinski definition) is 4. The van der Waals surface area contributed by atoms with E-state index in [0.717, 1.165) is 55.2 Å². The van der Waals surface area contributed by atoms with Gasteiger partial charge in [-0.05, 0) is 70.8 Å². The molecule has 0 N–H and O–H groups in total. The van der Waals surface area contributed by atoms with Crippen LogP contribution < -0.4 is 0 Å². The van der Waals surface area contributed by atoms with Gasteiger partial charge >= 0.3 is 0 Å². The molecule has 0 atom stereocenters. The molecule has 11 rings (SSSR count). The highest BCUT2D eigenvalue weighted by Gasteiger charge is 2.35. The Morgan fingerprint density at radius 2 is 1.06 bits per heavy atom. The van der Waals surface area contributed by atoms with Crippen molar-refractivity contribution in [2.75, 3.05) is 0 Å². The minimum atomic E-state index is -0.132. The van der Waals surface area contributed by atoms with Crippen LogP contribution in [0.1, 0.15) is 25.0 Å². The quantitative estimate of drug-likeness (QED) is 0.186. The van der Waals surface area contributed by atoms with Crippen LogP contribution in [0, 0.1) is 0 Å². The molecular weight excluding hydrogens is 649 g/mol. The molecule has 0 saturated heterocycles. The number of fused-ring (bicyclic) bond motifs is 9. The number of para-hydroxylation sites is 2. The van der Waals surface area contributed by atoms with E-state index in [1.807, 2.05) is 30.3 Å². The Balaban J connectivity index is 1.08. The average Bonchev–Trinajstić information content (AvgIpc) is 3.81. The zero-order chi connectivity index (χ0) is 35.3. The molecule has 5 nitrogen and oxygen atoms in total. The fraction of sp³-hybridized carbons (Fsp3) is 0.0625. The predicted octanol–water partition coefficient (Wildman–Crippen LogP) is 12.2. The molecule has 1 aliphatic rings. The van der Waals surface area contributed by atoms with E-state index in [1.165, 1.54) is 33.2 Å². The molecule has 0 bridgehead atoms. The lowest BCUT2D eigenvalue weighted by Crippen LogP contribution is -2.15. The molecule has 10 aromatic rings. The van der Waals surface area contributed by atoms with Crippen LogP contribution in [0.3, 0.4) is 0 Å². The monoisotopic (exact) mass is 680 g/mol. The minimum absolute atomic E-state index is 0.132. The van der Waals surface area contributed by atoms with Crippen LogP contribution in [-0.2, 0) is 5.41 Å². The van der Waals surface area contributed by atoms with Gasteiger partial charge in [0.2, 0.25) is 0 Å². The van der Waals surface area contributed by atoms with Crippen LogP contribution in [0.4, 0.5) is 0 Å². The van der Waals surface area contributed by atoms with Crippen molar-refractivity contribution in [2.45, 2.75) is 19.3 Å². The summed E-state index contributed by atoms with van der Waals surface area (Å²) in [6.45, 7) is 4.59. The summed E-state index contributed by atoms with van der Waals surface area (Å²) in [7, 11) is 0. The summed E-state index contributed by atoms with van der Waals surface area (Å²) in [4.78, 5) is 15.2. The highest BCUT2D eigenvalue weighted by molar-refractivity contribution is 6.17. The van der Waals surface area contributed by atoms with Crippen molar-refractivity contribution in [3.63, 3.8) is 0 Å². The number of rotatable bonds is 4. The van der Waals surface area contributed by atoms with E-state index >= 15 is 0 Å². The Bertz CT molecular complexity index is 3080. The van der Waals surface area contributed by atoms with E-state index in [0.29, 0.717) is 17.5 Å². The van der Waals surface area contributed by atoms with Gasteiger partial charge in [0.1, 0.15) is 11.2 Å². The molecule has 0 fully saturated rings. The Kier molecular flexibility index (Phi) is 6.23. The van der Waals surface area contributed by atoms with E-state index in [1.54, 1.807) is 0 Å². The highest BCUT2D eigenvalue weighted by Crippen LogP contribution is 2.49. The molecular formula is C48H32N4O. The summed E-state index contributed by atoms with van der Waals surface area (Å²) in [6, 6.07) is 55.3. The molecule has 250 valence electrons. The van der Waals surface area contributed by atoms with Gasteiger partial charge in [-0.3, -0.25) is 0 Å². The number of benzene rings is 7. The van der Waals surface area contributed by atoms with Gasteiger partial charge in [-0.2, -0.15) is 0 Å². The molecule has 0 saturated carbocycles. The summed E-state index contributed by atoms with van der Waals surface area (Å²) in [6.07, 6.45) is 0. The van der Waals surface area contributed by atoms with E-state index in [9.17, 15) is 0 Å². The van der Waals surface area contributed by atoms with Gasteiger partial charge in [-0.15, -0.1) is 0 Å². The van der Waals surface area contributed by atoms with Crippen molar-refractivity contribution in [3.8, 4) is 51.0 Å². The Morgan fingerprint density at radius 3 is 1.87 bits per heavy atom. The number of hydrogen-bond donors (Lipinski definition) is 0. The molecule has 0 aliphatic heterocycles. The van der Waals surface area contributed by atoms with Crippen molar-refractivity contribution in [3.05, 3.63) is 169 Å². The number of nitrogens with zero attached hydrogens (tertiary/aromatic N) is 4. The Hall–Kier alpha value is -6.85. The first-order valence-corrected chi connectivity index (χ1v) is 18.0. The van der Waals surface area contributed by atoms with Crippen LogP contribution in [0.2, 0.25) is 0 Å². The number of aromatic nitrogens is 4. The SMILES string of the molecule is CC1(C)c2ccccc2-c2ccc(-c3nc(-c4ccccc4)nc(-c4ccc5c(c4)oc4cc6c7ccccc7n(-c7ccccc7)c6cc45)n3)cc21. The van der Waals surface area contributed by atoms with Gasteiger partial charge in [0.05, 0.1) is 11.0 Å². The standard InChI is InChI=1S/C48H32N4O/c1-48(2)39-19-11-9-17-33(39)34-23-21-30(25-40(34)48)46-49-45(29-13-5-3-6-14-29)50-47(51-46)31-22-24-36-38-27-42-37(28-44(38)53-43(36)26-31)35-18-10-12-20-41(35)52(42)32-15-7-4-8-16-32/h3-28H,1-2H3. The summed E-state index contributed by atoms with van der Waals surface area (Å²) in [5.41, 5.74) is 12.9. The Morgan fingerprint density at radius 1 is 0.434 bits per heavy atom. The lowest BCUT2D eigenvalue weighted by Gasteiger charge is -2.21. The molecule has 3 heterocycles. The predicted molar refractivity (Wildman–Crippen MR) is 215 cm³/mol. The molecule has 0 amide bonds. The summed E-state index contributed by atoms with van der Waals surface area (Å²) < 4.78 is 8.98. The van der Waals surface area contributed by atoms with Crippen molar-refractivity contribution in [1.82, 2.24) is 19.5 Å². The van der Waals surface area contributed by atoms with Crippen molar-refractivity contribution in [2.24, 2.45) is 0 Å². The average molecular weight is 681 g/mol. The van der Waals surface area contributed by atoms with Gasteiger partial charge in [-0.1, -0.05) is 123 Å². The lowest BCUT2D eigenvalue weighted by molar-refractivity contribution is 0.660. The maximum absolute atomic E-state index is 6.64. The zero-order valence-electron chi connectivity index (χ0n) is 29.2. The second-order valence-electron chi connectivity index (χ2n) is 14.5. The Labute approximate surface area is 305 Å². The van der Waals surface area contributed by atoms with E-state index in [2.05, 4.69) is 146 Å². The minimum Gasteiger partial charge on any atom is -0.456 e. The first-order chi connectivity index (χ1) is 26.0. The fourth-order valence-corrected chi connectivity index (χ4v) is 8.43. The summed E-state index contributed by atoms with van der Waals surface area (Å²) in [5, 5.41) is 4.47. The first-order valence-electron chi connectivity index (χ1n) is 18.0. The molecule has 0 unspecified atom stereocenters. The van der Waals surface area contributed by atoms with E-state index in [4.69, 9.17) is 19.4 Å². The zero-order valence-corrected chi connectivity index (χ0v) is 29.2. The second-order valence-corrected chi connectivity index (χ2v) is 14.5. The summed E-state index contributed by atoms with van der Waals surface area (Å²) >= 11 is 0. The molecule has 7 aromatic carbocycles. The smallest absolute Gasteiger partial charge is 0.164 e. The molecule has 5 heteroatoms. The van der Waals surface area contributed by atoms with Crippen molar-refractivity contribution in [1.29, 1.82) is 0 Å². The molecule has 0 radical (unpaired) electrons. The van der Waals surface area contributed by atoms with Crippen LogP contribution in [0.15, 0.2) is 162 Å². The van der Waals surface area contributed by atoms with Crippen LogP contribution in [-0.4, -0.2) is 19.5 Å². The van der Waals surface area contributed by atoms with Crippen LogP contribution in [0.5, 0.6) is 0 Å². The lowest BCUT2D eigenvalue weighted by atomic mass is 9.82. The van der Waals surface area contributed by atoms with Crippen LogP contribution in [0.25, 0.3) is 94.7 Å². The fourth-order valence-electron chi connectivity index (χ4n) is 8.43.